The van der Waals surface area contributed by atoms with Crippen molar-refractivity contribution in [2.75, 3.05) is 43.0 Å². The quantitative estimate of drug-likeness (QED) is 0.875. The summed E-state index contributed by atoms with van der Waals surface area (Å²) in [6.07, 6.45) is 0.553. The van der Waals surface area contributed by atoms with E-state index >= 15 is 0 Å². The number of nitrogens with one attached hydrogen (secondary N) is 1. The van der Waals surface area contributed by atoms with E-state index in [0.29, 0.717) is 6.42 Å². The minimum Gasteiger partial charge on any atom is -0.368 e. The highest BCUT2D eigenvalue weighted by molar-refractivity contribution is 5.97. The van der Waals surface area contributed by atoms with Gasteiger partial charge < -0.3 is 15.1 Å². The smallest absolute Gasteiger partial charge is 0.228 e. The largest absolute Gasteiger partial charge is 0.368 e. The highest BCUT2D eigenvalue weighted by Crippen LogP contribution is 2.32. The first kappa shape index (κ1) is 12.9. The molecule has 1 amide bonds. The number of carbonyl (C=O) groups excluding carboxylic acids is 1. The highest BCUT2D eigenvalue weighted by atomic mass is 16.2. The van der Waals surface area contributed by atoms with Gasteiger partial charge in [0.2, 0.25) is 5.91 Å². The lowest BCUT2D eigenvalue weighted by atomic mass is 10.1. The van der Waals surface area contributed by atoms with Gasteiger partial charge >= 0.3 is 0 Å². The molecule has 0 radical (unpaired) electrons. The van der Waals surface area contributed by atoms with Crippen LogP contribution in [0, 0.1) is 0 Å². The van der Waals surface area contributed by atoms with Crippen molar-refractivity contribution in [2.45, 2.75) is 13.3 Å². The Balaban J connectivity index is 2.22. The summed E-state index contributed by atoms with van der Waals surface area (Å²) in [6, 6.07) is 8.16. The first-order valence-electron chi connectivity index (χ1n) is 6.57. The van der Waals surface area contributed by atoms with Crippen LogP contribution >= 0.6 is 0 Å². The van der Waals surface area contributed by atoms with E-state index in [-0.39, 0.29) is 5.91 Å². The van der Waals surface area contributed by atoms with Gasteiger partial charge in [-0.05, 0) is 26.1 Å². The first-order valence-corrected chi connectivity index (χ1v) is 6.57. The van der Waals surface area contributed by atoms with Gasteiger partial charge in [0.05, 0.1) is 11.4 Å². The Labute approximate surface area is 109 Å². The van der Waals surface area contributed by atoms with E-state index in [1.54, 1.807) is 0 Å². The normalized spacial score (nSPS) is 14.6. The molecule has 0 aliphatic carbocycles. The molecule has 4 nitrogen and oxygen atoms in total. The predicted molar refractivity (Wildman–Crippen MR) is 75.2 cm³/mol. The lowest BCUT2D eigenvalue weighted by Gasteiger charge is -2.37. The minimum absolute atomic E-state index is 0.201. The topological polar surface area (TPSA) is 35.6 Å². The van der Waals surface area contributed by atoms with Crippen molar-refractivity contribution < 1.29 is 4.79 Å². The average molecular weight is 247 g/mol. The number of amides is 1. The number of anilines is 2. The molecule has 0 atom stereocenters. The van der Waals surface area contributed by atoms with Crippen molar-refractivity contribution in [3.8, 4) is 0 Å². The Bertz CT molecular complexity index is 419. The van der Waals surface area contributed by atoms with Crippen LogP contribution in [0.1, 0.15) is 13.3 Å². The second kappa shape index (κ2) is 5.87. The molecule has 0 spiro atoms. The molecular weight excluding hydrogens is 226 g/mol. The average Bonchev–Trinajstić information content (AvgIpc) is 2.43. The molecule has 1 heterocycles. The molecule has 1 aliphatic heterocycles. The summed E-state index contributed by atoms with van der Waals surface area (Å²) >= 11 is 0. The van der Waals surface area contributed by atoms with Gasteiger partial charge in [-0.2, -0.15) is 0 Å². The standard InChI is InChI=1S/C14H21N3O/c1-3-16-10-11-17(14(18)8-9-15-2)13-7-5-4-6-12(13)16/h4-7,15H,3,8-11H2,1-2H3. The number of likely N-dealkylation sites (N-methyl/N-ethyl adjacent to an activating group) is 1. The molecule has 2 rings (SSSR count). The molecule has 98 valence electrons. The van der Waals surface area contributed by atoms with E-state index < -0.39 is 0 Å². The summed E-state index contributed by atoms with van der Waals surface area (Å²) in [5.74, 6) is 0.201. The number of rotatable bonds is 4. The fourth-order valence-corrected chi connectivity index (χ4v) is 2.38. The summed E-state index contributed by atoms with van der Waals surface area (Å²) in [6.45, 7) is 5.56. The number of carbonyl (C=O) groups is 1. The Kier molecular flexibility index (Phi) is 4.20. The third-order valence-corrected chi connectivity index (χ3v) is 3.38. The molecular formula is C14H21N3O. The summed E-state index contributed by atoms with van der Waals surface area (Å²) in [4.78, 5) is 16.4. The van der Waals surface area contributed by atoms with Crippen LogP contribution in [-0.4, -0.2) is 39.1 Å². The molecule has 4 heteroatoms. The third-order valence-electron chi connectivity index (χ3n) is 3.38. The summed E-state index contributed by atoms with van der Waals surface area (Å²) in [7, 11) is 1.87. The fraction of sp³-hybridized carbons (Fsp3) is 0.500. The van der Waals surface area contributed by atoms with Crippen LogP contribution in [0.15, 0.2) is 24.3 Å². The number of benzene rings is 1. The second-order valence-corrected chi connectivity index (χ2v) is 4.47. The van der Waals surface area contributed by atoms with Crippen molar-refractivity contribution in [1.82, 2.24) is 5.32 Å². The van der Waals surface area contributed by atoms with E-state index in [1.807, 2.05) is 30.1 Å². The SMILES string of the molecule is CCN1CCN(C(=O)CCNC)c2ccccc21. The van der Waals surface area contributed by atoms with Crippen LogP contribution in [-0.2, 0) is 4.79 Å². The molecule has 1 N–H and O–H groups in total. The van der Waals surface area contributed by atoms with Crippen LogP contribution in [0.2, 0.25) is 0 Å². The molecule has 1 aromatic carbocycles. The zero-order valence-corrected chi connectivity index (χ0v) is 11.1. The van der Waals surface area contributed by atoms with Gasteiger partial charge in [0, 0.05) is 32.6 Å². The van der Waals surface area contributed by atoms with E-state index in [4.69, 9.17) is 0 Å². The van der Waals surface area contributed by atoms with Crippen molar-refractivity contribution in [2.24, 2.45) is 0 Å². The Morgan fingerprint density at radius 2 is 2.00 bits per heavy atom. The van der Waals surface area contributed by atoms with E-state index in [0.717, 1.165) is 31.9 Å². The summed E-state index contributed by atoms with van der Waals surface area (Å²) < 4.78 is 0. The number of fused-ring (bicyclic) bond motifs is 1. The molecule has 1 aromatic rings. The Hall–Kier alpha value is -1.55. The predicted octanol–water partition coefficient (Wildman–Crippen LogP) is 1.47. The lowest BCUT2D eigenvalue weighted by Crippen LogP contribution is -2.44. The van der Waals surface area contributed by atoms with Gasteiger partial charge in [-0.1, -0.05) is 12.1 Å². The molecule has 0 bridgehead atoms. The number of para-hydroxylation sites is 2. The van der Waals surface area contributed by atoms with Crippen molar-refractivity contribution >= 4 is 17.3 Å². The van der Waals surface area contributed by atoms with Crippen LogP contribution in [0.5, 0.6) is 0 Å². The molecule has 0 saturated heterocycles. The molecule has 0 unspecified atom stereocenters. The van der Waals surface area contributed by atoms with Gasteiger partial charge in [0.25, 0.3) is 0 Å². The molecule has 0 fully saturated rings. The maximum Gasteiger partial charge on any atom is 0.228 e. The van der Waals surface area contributed by atoms with Crippen LogP contribution < -0.4 is 15.1 Å². The Morgan fingerprint density at radius 3 is 2.67 bits per heavy atom. The van der Waals surface area contributed by atoms with Crippen molar-refractivity contribution in [3.05, 3.63) is 24.3 Å². The fourth-order valence-electron chi connectivity index (χ4n) is 2.38. The third kappa shape index (κ3) is 2.48. The van der Waals surface area contributed by atoms with E-state index in [9.17, 15) is 4.79 Å². The van der Waals surface area contributed by atoms with E-state index in [2.05, 4.69) is 23.2 Å². The van der Waals surface area contributed by atoms with E-state index in [1.165, 1.54) is 5.69 Å². The van der Waals surface area contributed by atoms with Gasteiger partial charge in [-0.3, -0.25) is 4.79 Å². The van der Waals surface area contributed by atoms with Crippen molar-refractivity contribution in [3.63, 3.8) is 0 Å². The summed E-state index contributed by atoms with van der Waals surface area (Å²) in [5, 5.41) is 3.02. The van der Waals surface area contributed by atoms with Gasteiger partial charge in [-0.25, -0.2) is 0 Å². The number of nitrogens with zero attached hydrogens (tertiary/aromatic N) is 2. The minimum atomic E-state index is 0.201. The Morgan fingerprint density at radius 1 is 1.28 bits per heavy atom. The summed E-state index contributed by atoms with van der Waals surface area (Å²) in [5.41, 5.74) is 2.22. The molecule has 0 aromatic heterocycles. The van der Waals surface area contributed by atoms with Crippen LogP contribution in [0.3, 0.4) is 0 Å². The highest BCUT2D eigenvalue weighted by Gasteiger charge is 2.24. The van der Waals surface area contributed by atoms with Gasteiger partial charge in [0.1, 0.15) is 0 Å². The number of hydrogen-bond donors (Lipinski definition) is 1. The first-order chi connectivity index (χ1) is 8.77. The van der Waals surface area contributed by atoms with Crippen molar-refractivity contribution in [1.29, 1.82) is 0 Å². The maximum atomic E-state index is 12.2. The van der Waals surface area contributed by atoms with Gasteiger partial charge in [-0.15, -0.1) is 0 Å². The lowest BCUT2D eigenvalue weighted by molar-refractivity contribution is -0.118. The van der Waals surface area contributed by atoms with Gasteiger partial charge in [0.15, 0.2) is 0 Å². The molecule has 1 aliphatic rings. The second-order valence-electron chi connectivity index (χ2n) is 4.47. The molecule has 0 saturated carbocycles. The van der Waals surface area contributed by atoms with Crippen LogP contribution in [0.25, 0.3) is 0 Å². The monoisotopic (exact) mass is 247 g/mol. The zero-order chi connectivity index (χ0) is 13.0. The van der Waals surface area contributed by atoms with Crippen LogP contribution in [0.4, 0.5) is 11.4 Å². The molecule has 18 heavy (non-hydrogen) atoms. The number of hydrogen-bond acceptors (Lipinski definition) is 3. The zero-order valence-electron chi connectivity index (χ0n) is 11.1. The maximum absolute atomic E-state index is 12.2.